The van der Waals surface area contributed by atoms with E-state index in [1.54, 1.807) is 0 Å². The van der Waals surface area contributed by atoms with Crippen LogP contribution in [0.2, 0.25) is 0 Å². The zero-order chi connectivity index (χ0) is 22.2. The number of fused-ring (bicyclic) bond motifs is 2. The summed E-state index contributed by atoms with van der Waals surface area (Å²) in [4.78, 5) is 16.8. The van der Waals surface area contributed by atoms with Gasteiger partial charge in [-0.25, -0.2) is 4.98 Å². The molecule has 1 amide bonds. The molecule has 0 atom stereocenters. The normalized spacial score (nSPS) is 14.1. The maximum Gasteiger partial charge on any atom is 0.262 e. The average Bonchev–Trinajstić information content (AvgIpc) is 2.88. The Labute approximate surface area is 190 Å². The minimum absolute atomic E-state index is 0.0301. The number of hydrogen-bond acceptors (Lipinski definition) is 5. The van der Waals surface area contributed by atoms with Crippen LogP contribution in [0, 0.1) is 0 Å². The molecule has 0 unspecified atom stereocenters. The highest BCUT2D eigenvalue weighted by molar-refractivity contribution is 5.96. The fraction of sp³-hybridized carbons (Fsp3) is 0.111. The van der Waals surface area contributed by atoms with Crippen LogP contribution in [-0.2, 0) is 4.79 Å². The Bertz CT molecular complexity index is 1370. The molecule has 0 aliphatic carbocycles. The zero-order valence-electron chi connectivity index (χ0n) is 17.7. The van der Waals surface area contributed by atoms with Gasteiger partial charge in [-0.2, -0.15) is 0 Å². The Kier molecular flexibility index (Phi) is 4.69. The van der Waals surface area contributed by atoms with Crippen LogP contribution in [0.15, 0.2) is 78.9 Å². The first kappa shape index (κ1) is 19.4. The number of amides is 1. The molecule has 0 spiro atoms. The van der Waals surface area contributed by atoms with Crippen LogP contribution in [0.1, 0.15) is 0 Å². The summed E-state index contributed by atoms with van der Waals surface area (Å²) in [6, 6.07) is 25.9. The molecule has 2 aliphatic heterocycles. The second kappa shape index (κ2) is 7.98. The summed E-state index contributed by atoms with van der Waals surface area (Å²) >= 11 is 0. The number of rotatable bonds is 3. The number of nitrogens with one attached hydrogen (secondary N) is 1. The summed E-state index contributed by atoms with van der Waals surface area (Å²) in [6.07, 6.45) is 0. The largest absolute Gasteiger partial charge is 0.486 e. The molecule has 0 bridgehead atoms. The molecule has 0 radical (unpaired) electrons. The number of ether oxygens (including phenoxy) is 3. The Hall–Kier alpha value is -4.32. The molecule has 33 heavy (non-hydrogen) atoms. The number of anilines is 1. The molecule has 162 valence electrons. The van der Waals surface area contributed by atoms with Gasteiger partial charge in [0.15, 0.2) is 18.1 Å². The topological polar surface area (TPSA) is 69.7 Å². The standard InChI is InChI=1S/C27H20N2O4/c30-27-16-33-24-8-6-18(12-23(24)29-27)21-13-20(17-4-2-1-3-5-17)14-22(28-21)19-7-9-25-26(15-19)32-11-10-31-25/h1-9,12-15H,10-11,16H2,(H,29,30). The van der Waals surface area contributed by atoms with Crippen molar-refractivity contribution in [2.75, 3.05) is 25.1 Å². The predicted molar refractivity (Wildman–Crippen MR) is 126 cm³/mol. The van der Waals surface area contributed by atoms with Crippen molar-refractivity contribution >= 4 is 11.6 Å². The molecular weight excluding hydrogens is 416 g/mol. The second-order valence-electron chi connectivity index (χ2n) is 7.90. The molecule has 3 heterocycles. The molecule has 1 N–H and O–H groups in total. The van der Waals surface area contributed by atoms with E-state index in [-0.39, 0.29) is 12.5 Å². The highest BCUT2D eigenvalue weighted by Crippen LogP contribution is 2.38. The number of nitrogens with zero attached hydrogens (tertiary/aromatic N) is 1. The number of aromatic nitrogens is 1. The van der Waals surface area contributed by atoms with Gasteiger partial charge in [-0.05, 0) is 59.7 Å². The lowest BCUT2D eigenvalue weighted by molar-refractivity contribution is -0.118. The maximum absolute atomic E-state index is 11.8. The average molecular weight is 436 g/mol. The van der Waals surface area contributed by atoms with Crippen molar-refractivity contribution in [3.8, 4) is 50.9 Å². The fourth-order valence-corrected chi connectivity index (χ4v) is 4.07. The van der Waals surface area contributed by atoms with E-state index in [1.165, 1.54) is 0 Å². The molecule has 0 fully saturated rings. The molecule has 2 aliphatic rings. The van der Waals surface area contributed by atoms with Gasteiger partial charge < -0.3 is 19.5 Å². The van der Waals surface area contributed by atoms with Crippen LogP contribution < -0.4 is 19.5 Å². The fourth-order valence-electron chi connectivity index (χ4n) is 4.07. The number of carbonyl (C=O) groups excluding carboxylic acids is 1. The number of pyridine rings is 1. The van der Waals surface area contributed by atoms with Gasteiger partial charge in [0.1, 0.15) is 19.0 Å². The van der Waals surface area contributed by atoms with Crippen molar-refractivity contribution in [1.82, 2.24) is 4.98 Å². The van der Waals surface area contributed by atoms with Crippen LogP contribution in [0.5, 0.6) is 17.2 Å². The first-order chi connectivity index (χ1) is 16.2. The van der Waals surface area contributed by atoms with Gasteiger partial charge in [0.05, 0.1) is 17.1 Å². The van der Waals surface area contributed by atoms with E-state index in [0.717, 1.165) is 45.1 Å². The SMILES string of the molecule is O=C1COc2ccc(-c3cc(-c4ccccc4)cc(-c4ccc5c(c4)OCCO5)n3)cc2N1. The third-order valence-electron chi connectivity index (χ3n) is 5.68. The minimum atomic E-state index is -0.164. The molecule has 6 nitrogen and oxygen atoms in total. The van der Waals surface area contributed by atoms with E-state index in [2.05, 4.69) is 29.6 Å². The van der Waals surface area contributed by atoms with E-state index < -0.39 is 0 Å². The molecular formula is C27H20N2O4. The third kappa shape index (κ3) is 3.76. The summed E-state index contributed by atoms with van der Waals surface area (Å²) in [5.74, 6) is 1.96. The summed E-state index contributed by atoms with van der Waals surface area (Å²) in [7, 11) is 0. The van der Waals surface area contributed by atoms with E-state index in [1.807, 2.05) is 54.6 Å². The maximum atomic E-state index is 11.8. The zero-order valence-corrected chi connectivity index (χ0v) is 17.7. The molecule has 0 saturated heterocycles. The Morgan fingerprint density at radius 1 is 0.636 bits per heavy atom. The van der Waals surface area contributed by atoms with Gasteiger partial charge in [0.2, 0.25) is 0 Å². The lowest BCUT2D eigenvalue weighted by atomic mass is 9.99. The Morgan fingerprint density at radius 2 is 1.33 bits per heavy atom. The van der Waals surface area contributed by atoms with Crippen molar-refractivity contribution in [3.63, 3.8) is 0 Å². The minimum Gasteiger partial charge on any atom is -0.486 e. The molecule has 1 aromatic heterocycles. The van der Waals surface area contributed by atoms with Crippen molar-refractivity contribution in [2.24, 2.45) is 0 Å². The first-order valence-corrected chi connectivity index (χ1v) is 10.8. The molecule has 6 heteroatoms. The first-order valence-electron chi connectivity index (χ1n) is 10.8. The lowest BCUT2D eigenvalue weighted by Gasteiger charge is -2.20. The molecule has 6 rings (SSSR count). The highest BCUT2D eigenvalue weighted by Gasteiger charge is 2.18. The van der Waals surface area contributed by atoms with Gasteiger partial charge in [0.25, 0.3) is 5.91 Å². The lowest BCUT2D eigenvalue weighted by Crippen LogP contribution is -2.25. The van der Waals surface area contributed by atoms with E-state index in [9.17, 15) is 4.79 Å². The molecule has 0 saturated carbocycles. The van der Waals surface area contributed by atoms with Gasteiger partial charge in [0, 0.05) is 11.1 Å². The van der Waals surface area contributed by atoms with Crippen LogP contribution in [0.4, 0.5) is 5.69 Å². The van der Waals surface area contributed by atoms with Gasteiger partial charge >= 0.3 is 0 Å². The van der Waals surface area contributed by atoms with Crippen molar-refractivity contribution in [1.29, 1.82) is 0 Å². The quantitative estimate of drug-likeness (QED) is 0.479. The van der Waals surface area contributed by atoms with E-state index >= 15 is 0 Å². The van der Waals surface area contributed by atoms with Gasteiger partial charge in [-0.1, -0.05) is 30.3 Å². The van der Waals surface area contributed by atoms with Crippen LogP contribution in [0.3, 0.4) is 0 Å². The van der Waals surface area contributed by atoms with Gasteiger partial charge in [-0.15, -0.1) is 0 Å². The summed E-state index contributed by atoms with van der Waals surface area (Å²) in [6.45, 7) is 1.11. The second-order valence-corrected chi connectivity index (χ2v) is 7.90. The Balaban J connectivity index is 1.49. The van der Waals surface area contributed by atoms with Crippen LogP contribution in [0.25, 0.3) is 33.6 Å². The van der Waals surface area contributed by atoms with Crippen molar-refractivity contribution in [2.45, 2.75) is 0 Å². The number of carbonyl (C=O) groups is 1. The number of benzene rings is 3. The van der Waals surface area contributed by atoms with Crippen molar-refractivity contribution in [3.05, 3.63) is 78.9 Å². The van der Waals surface area contributed by atoms with E-state index in [0.29, 0.717) is 24.7 Å². The predicted octanol–water partition coefficient (Wildman–Crippen LogP) is 5.18. The summed E-state index contributed by atoms with van der Waals surface area (Å²) < 4.78 is 17.0. The summed E-state index contributed by atoms with van der Waals surface area (Å²) in [5, 5.41) is 2.87. The van der Waals surface area contributed by atoms with Gasteiger partial charge in [-0.3, -0.25) is 4.79 Å². The molecule has 3 aromatic carbocycles. The van der Waals surface area contributed by atoms with Crippen LogP contribution >= 0.6 is 0 Å². The summed E-state index contributed by atoms with van der Waals surface area (Å²) in [5.41, 5.74) is 6.23. The third-order valence-corrected chi connectivity index (χ3v) is 5.68. The Morgan fingerprint density at radius 3 is 2.12 bits per heavy atom. The number of hydrogen-bond donors (Lipinski definition) is 1. The van der Waals surface area contributed by atoms with E-state index in [4.69, 9.17) is 19.2 Å². The van der Waals surface area contributed by atoms with Crippen molar-refractivity contribution < 1.29 is 19.0 Å². The monoisotopic (exact) mass is 436 g/mol. The highest BCUT2D eigenvalue weighted by atomic mass is 16.6. The molecule has 4 aromatic rings. The smallest absolute Gasteiger partial charge is 0.262 e. The van der Waals surface area contributed by atoms with Crippen LogP contribution in [-0.4, -0.2) is 30.7 Å².